The zero-order valence-corrected chi connectivity index (χ0v) is 11.3. The summed E-state index contributed by atoms with van der Waals surface area (Å²) in [4.78, 5) is 13.9. The second kappa shape index (κ2) is 6.17. The van der Waals surface area contributed by atoms with Crippen molar-refractivity contribution in [3.8, 4) is 0 Å². The molecule has 0 bridgehead atoms. The third-order valence-electron chi connectivity index (χ3n) is 3.74. The van der Waals surface area contributed by atoms with Gasteiger partial charge in [-0.3, -0.25) is 9.69 Å². The van der Waals surface area contributed by atoms with Crippen LogP contribution in [-0.2, 0) is 14.9 Å². The molecule has 1 unspecified atom stereocenters. The van der Waals surface area contributed by atoms with Gasteiger partial charge in [-0.1, -0.05) is 30.3 Å². The molecule has 1 aromatic carbocycles. The van der Waals surface area contributed by atoms with Gasteiger partial charge in [0.15, 0.2) is 0 Å². The summed E-state index contributed by atoms with van der Waals surface area (Å²) >= 11 is 0. The topological polar surface area (TPSA) is 49.8 Å². The fourth-order valence-corrected chi connectivity index (χ4v) is 2.49. The molecule has 2 rings (SSSR count). The summed E-state index contributed by atoms with van der Waals surface area (Å²) in [7, 11) is 0. The third-order valence-corrected chi connectivity index (χ3v) is 3.74. The molecule has 1 heterocycles. The molecule has 1 atom stereocenters. The molecule has 1 aromatic rings. The van der Waals surface area contributed by atoms with E-state index in [1.54, 1.807) is 6.92 Å². The van der Waals surface area contributed by atoms with Crippen molar-refractivity contribution in [3.05, 3.63) is 35.9 Å². The molecule has 1 aliphatic rings. The van der Waals surface area contributed by atoms with Crippen LogP contribution in [0.4, 0.5) is 0 Å². The van der Waals surface area contributed by atoms with Crippen molar-refractivity contribution >= 4 is 5.97 Å². The van der Waals surface area contributed by atoms with Crippen molar-refractivity contribution < 1.29 is 14.6 Å². The van der Waals surface area contributed by atoms with Crippen LogP contribution in [0.2, 0.25) is 0 Å². The molecule has 19 heavy (non-hydrogen) atoms. The van der Waals surface area contributed by atoms with Gasteiger partial charge in [0.1, 0.15) is 5.41 Å². The molecule has 4 heteroatoms. The first-order chi connectivity index (χ1) is 9.13. The van der Waals surface area contributed by atoms with Crippen LogP contribution in [0.5, 0.6) is 0 Å². The quantitative estimate of drug-likeness (QED) is 0.899. The summed E-state index contributed by atoms with van der Waals surface area (Å²) in [5.41, 5.74) is -0.0151. The van der Waals surface area contributed by atoms with E-state index in [9.17, 15) is 9.90 Å². The standard InChI is InChI=1S/C15H21NO3/c1-15(14(17)18,13-6-3-2-4-7-13)12-16-8-5-10-19-11-9-16/h2-4,6-7H,5,8-12H2,1H3,(H,17,18). The molecule has 104 valence electrons. The lowest BCUT2D eigenvalue weighted by atomic mass is 9.82. The summed E-state index contributed by atoms with van der Waals surface area (Å²) in [5.74, 6) is -0.774. The largest absolute Gasteiger partial charge is 0.481 e. The summed E-state index contributed by atoms with van der Waals surface area (Å²) in [6, 6.07) is 9.47. The highest BCUT2D eigenvalue weighted by Crippen LogP contribution is 2.25. The van der Waals surface area contributed by atoms with E-state index < -0.39 is 11.4 Å². The van der Waals surface area contributed by atoms with Gasteiger partial charge in [-0.05, 0) is 18.9 Å². The van der Waals surface area contributed by atoms with E-state index in [2.05, 4.69) is 4.90 Å². The fraction of sp³-hybridized carbons (Fsp3) is 0.533. The van der Waals surface area contributed by atoms with Crippen molar-refractivity contribution in [1.29, 1.82) is 0 Å². The van der Waals surface area contributed by atoms with Gasteiger partial charge in [0.25, 0.3) is 0 Å². The minimum Gasteiger partial charge on any atom is -0.481 e. The first-order valence-corrected chi connectivity index (χ1v) is 6.72. The minimum absolute atomic E-state index is 0.524. The van der Waals surface area contributed by atoms with Crippen LogP contribution in [0.3, 0.4) is 0 Å². The van der Waals surface area contributed by atoms with Crippen LogP contribution < -0.4 is 0 Å². The highest BCUT2D eigenvalue weighted by atomic mass is 16.5. The number of rotatable bonds is 4. The van der Waals surface area contributed by atoms with Crippen LogP contribution in [0.1, 0.15) is 18.9 Å². The first-order valence-electron chi connectivity index (χ1n) is 6.72. The van der Waals surface area contributed by atoms with Crippen molar-refractivity contribution in [3.63, 3.8) is 0 Å². The average molecular weight is 263 g/mol. The number of aliphatic carboxylic acids is 1. The van der Waals surface area contributed by atoms with Crippen molar-refractivity contribution in [1.82, 2.24) is 4.90 Å². The summed E-state index contributed by atoms with van der Waals surface area (Å²) in [6.45, 7) is 5.48. The molecule has 1 aliphatic heterocycles. The molecule has 1 fully saturated rings. The maximum absolute atomic E-state index is 11.7. The van der Waals surface area contributed by atoms with Crippen molar-refractivity contribution in [2.24, 2.45) is 0 Å². The molecule has 0 aliphatic carbocycles. The Hall–Kier alpha value is -1.39. The zero-order valence-electron chi connectivity index (χ0n) is 11.3. The lowest BCUT2D eigenvalue weighted by Crippen LogP contribution is -2.45. The summed E-state index contributed by atoms with van der Waals surface area (Å²) in [5, 5.41) is 9.63. The molecule has 0 amide bonds. The Kier molecular flexibility index (Phi) is 4.56. The zero-order chi connectivity index (χ0) is 13.7. The lowest BCUT2D eigenvalue weighted by Gasteiger charge is -2.31. The third kappa shape index (κ3) is 3.33. The molecule has 0 saturated carbocycles. The number of carbonyl (C=O) groups is 1. The Morgan fingerprint density at radius 1 is 1.32 bits per heavy atom. The lowest BCUT2D eigenvalue weighted by molar-refractivity contribution is -0.144. The number of ether oxygens (including phenoxy) is 1. The number of nitrogens with zero attached hydrogens (tertiary/aromatic N) is 1. The molecule has 1 N–H and O–H groups in total. The van der Waals surface area contributed by atoms with Crippen LogP contribution in [-0.4, -0.2) is 48.8 Å². The van der Waals surface area contributed by atoms with Crippen molar-refractivity contribution in [2.75, 3.05) is 32.8 Å². The maximum atomic E-state index is 11.7. The second-order valence-corrected chi connectivity index (χ2v) is 5.25. The predicted octanol–water partition coefficient (Wildman–Crippen LogP) is 1.75. The van der Waals surface area contributed by atoms with E-state index in [1.165, 1.54) is 0 Å². The number of hydrogen-bond acceptors (Lipinski definition) is 3. The smallest absolute Gasteiger partial charge is 0.315 e. The van der Waals surface area contributed by atoms with E-state index in [-0.39, 0.29) is 0 Å². The van der Waals surface area contributed by atoms with Crippen LogP contribution in [0, 0.1) is 0 Å². The second-order valence-electron chi connectivity index (χ2n) is 5.25. The Morgan fingerprint density at radius 3 is 2.74 bits per heavy atom. The Balaban J connectivity index is 2.17. The van der Waals surface area contributed by atoms with E-state index in [0.29, 0.717) is 13.2 Å². The Labute approximate surface area is 114 Å². The number of hydrogen-bond donors (Lipinski definition) is 1. The number of carboxylic acid groups (broad SMARTS) is 1. The Bertz CT molecular complexity index is 413. The van der Waals surface area contributed by atoms with E-state index >= 15 is 0 Å². The highest BCUT2D eigenvalue weighted by molar-refractivity contribution is 5.81. The van der Waals surface area contributed by atoms with Crippen LogP contribution in [0.15, 0.2) is 30.3 Å². The molecule has 0 radical (unpaired) electrons. The molecule has 4 nitrogen and oxygen atoms in total. The minimum atomic E-state index is -0.869. The van der Waals surface area contributed by atoms with Gasteiger partial charge in [0.05, 0.1) is 6.61 Å². The Morgan fingerprint density at radius 2 is 2.05 bits per heavy atom. The maximum Gasteiger partial charge on any atom is 0.315 e. The van der Waals surface area contributed by atoms with Crippen LogP contribution >= 0.6 is 0 Å². The van der Waals surface area contributed by atoms with E-state index in [4.69, 9.17) is 4.74 Å². The van der Waals surface area contributed by atoms with E-state index in [0.717, 1.165) is 31.7 Å². The van der Waals surface area contributed by atoms with E-state index in [1.807, 2.05) is 30.3 Å². The highest BCUT2D eigenvalue weighted by Gasteiger charge is 2.37. The molecule has 0 aromatic heterocycles. The summed E-state index contributed by atoms with van der Waals surface area (Å²) < 4.78 is 5.42. The number of benzene rings is 1. The van der Waals surface area contributed by atoms with Gasteiger partial charge in [-0.15, -0.1) is 0 Å². The molecule has 0 spiro atoms. The monoisotopic (exact) mass is 263 g/mol. The fourth-order valence-electron chi connectivity index (χ4n) is 2.49. The van der Waals surface area contributed by atoms with Gasteiger partial charge in [-0.2, -0.15) is 0 Å². The van der Waals surface area contributed by atoms with Gasteiger partial charge in [0.2, 0.25) is 0 Å². The average Bonchev–Trinajstić information content (AvgIpc) is 2.68. The van der Waals surface area contributed by atoms with Gasteiger partial charge in [0, 0.05) is 26.2 Å². The normalized spacial score (nSPS) is 20.5. The predicted molar refractivity (Wildman–Crippen MR) is 73.3 cm³/mol. The van der Waals surface area contributed by atoms with Crippen molar-refractivity contribution in [2.45, 2.75) is 18.8 Å². The van der Waals surface area contributed by atoms with Gasteiger partial charge >= 0.3 is 5.97 Å². The van der Waals surface area contributed by atoms with Crippen LogP contribution in [0.25, 0.3) is 0 Å². The van der Waals surface area contributed by atoms with Gasteiger partial charge in [-0.25, -0.2) is 0 Å². The molecular weight excluding hydrogens is 242 g/mol. The number of carboxylic acids is 1. The van der Waals surface area contributed by atoms with Gasteiger partial charge < -0.3 is 9.84 Å². The SMILES string of the molecule is CC(CN1CCCOCC1)(C(=O)O)c1ccccc1. The summed E-state index contributed by atoms with van der Waals surface area (Å²) in [6.07, 6.45) is 0.963. The molecule has 1 saturated heterocycles. The molecular formula is C15H21NO3. The first kappa shape index (κ1) is 14.0.